The summed E-state index contributed by atoms with van der Waals surface area (Å²) in [5.41, 5.74) is 0.403. The third kappa shape index (κ3) is 5.89. The van der Waals surface area contributed by atoms with E-state index < -0.39 is 11.9 Å². The molecule has 0 spiro atoms. The number of hydrogen-bond donors (Lipinski definition) is 1. The molecule has 0 aliphatic rings. The van der Waals surface area contributed by atoms with E-state index in [9.17, 15) is 13.2 Å². The Bertz CT molecular complexity index is 391. The fourth-order valence-corrected chi connectivity index (χ4v) is 1.73. The summed E-state index contributed by atoms with van der Waals surface area (Å²) in [7, 11) is 0. The Morgan fingerprint density at radius 1 is 1.11 bits per heavy atom. The van der Waals surface area contributed by atoms with Crippen LogP contribution in [0.3, 0.4) is 0 Å². The molecule has 0 saturated heterocycles. The average molecular weight is 316 g/mol. The molecule has 0 radical (unpaired) electrons. The van der Waals surface area contributed by atoms with E-state index in [2.05, 4.69) is 10.1 Å². The van der Waals surface area contributed by atoms with E-state index in [1.54, 1.807) is 12.1 Å². The zero-order chi connectivity index (χ0) is 14.5. The van der Waals surface area contributed by atoms with Gasteiger partial charge in [-0.25, -0.2) is 0 Å². The first-order valence-corrected chi connectivity index (χ1v) is 6.56. The van der Waals surface area contributed by atoms with Crippen LogP contribution in [0.5, 0.6) is 5.75 Å². The molecule has 0 heterocycles. The summed E-state index contributed by atoms with van der Waals surface area (Å²) in [5.74, 6) is 0.436. The van der Waals surface area contributed by atoms with Crippen LogP contribution in [0.4, 0.5) is 13.2 Å². The van der Waals surface area contributed by atoms with Gasteiger partial charge in [-0.2, -0.15) is 0 Å². The Hall–Kier alpha value is -0.650. The Kier molecular flexibility index (Phi) is 5.77. The van der Waals surface area contributed by atoms with E-state index in [4.69, 9.17) is 23.2 Å². The maximum absolute atomic E-state index is 12.0. The standard InChI is InChI=1S/C12H14Cl2F3NO/c1-11(7-13,8-14)18-6-9-2-4-10(5-3-9)19-12(15,16)17/h2-5,18H,6-8H2,1H3. The predicted octanol–water partition coefficient (Wildman–Crippen LogP) is 3.91. The summed E-state index contributed by atoms with van der Waals surface area (Å²) < 4.78 is 39.7. The van der Waals surface area contributed by atoms with Crippen LogP contribution in [-0.2, 0) is 6.54 Å². The minimum absolute atomic E-state index is 0.242. The number of ether oxygens (including phenoxy) is 1. The Balaban J connectivity index is 2.58. The molecule has 0 aliphatic heterocycles. The van der Waals surface area contributed by atoms with E-state index in [-0.39, 0.29) is 5.75 Å². The zero-order valence-corrected chi connectivity index (χ0v) is 11.7. The maximum atomic E-state index is 12.0. The van der Waals surface area contributed by atoms with Crippen LogP contribution in [0, 0.1) is 0 Å². The summed E-state index contributed by atoms with van der Waals surface area (Å²) in [6.07, 6.45) is -4.67. The van der Waals surface area contributed by atoms with Gasteiger partial charge >= 0.3 is 6.36 Å². The summed E-state index contributed by atoms with van der Waals surface area (Å²) >= 11 is 11.6. The lowest BCUT2D eigenvalue weighted by atomic mass is 10.1. The van der Waals surface area contributed by atoms with Crippen molar-refractivity contribution in [2.75, 3.05) is 11.8 Å². The van der Waals surface area contributed by atoms with Gasteiger partial charge in [-0.3, -0.25) is 0 Å². The van der Waals surface area contributed by atoms with E-state index in [1.807, 2.05) is 6.92 Å². The second-order valence-corrected chi connectivity index (χ2v) is 4.91. The fraction of sp³-hybridized carbons (Fsp3) is 0.500. The molecule has 1 rings (SSSR count). The summed E-state index contributed by atoms with van der Waals surface area (Å²) in [4.78, 5) is 0. The van der Waals surface area contributed by atoms with Gasteiger partial charge in [0.2, 0.25) is 0 Å². The van der Waals surface area contributed by atoms with E-state index >= 15 is 0 Å². The summed E-state index contributed by atoms with van der Waals surface area (Å²) in [5, 5.41) is 3.15. The molecule has 0 atom stereocenters. The molecule has 0 aromatic heterocycles. The Labute approximate surface area is 119 Å². The Morgan fingerprint density at radius 2 is 1.63 bits per heavy atom. The molecule has 0 amide bonds. The van der Waals surface area contributed by atoms with Gasteiger partial charge in [0, 0.05) is 23.8 Å². The molecule has 1 aromatic rings. The maximum Gasteiger partial charge on any atom is 0.573 e. The number of nitrogens with one attached hydrogen (secondary N) is 1. The highest BCUT2D eigenvalue weighted by Gasteiger charge is 2.31. The number of hydrogen-bond acceptors (Lipinski definition) is 2. The molecule has 1 aromatic carbocycles. The minimum atomic E-state index is -4.67. The second-order valence-electron chi connectivity index (χ2n) is 4.37. The minimum Gasteiger partial charge on any atom is -0.406 e. The van der Waals surface area contributed by atoms with E-state index in [0.29, 0.717) is 18.3 Å². The largest absolute Gasteiger partial charge is 0.573 e. The van der Waals surface area contributed by atoms with Crippen molar-refractivity contribution in [1.82, 2.24) is 5.32 Å². The molecular formula is C12H14Cl2F3NO. The van der Waals surface area contributed by atoms with Crippen molar-refractivity contribution in [3.05, 3.63) is 29.8 Å². The highest BCUT2D eigenvalue weighted by atomic mass is 35.5. The van der Waals surface area contributed by atoms with Gasteiger partial charge in [0.15, 0.2) is 0 Å². The van der Waals surface area contributed by atoms with Crippen molar-refractivity contribution < 1.29 is 17.9 Å². The van der Waals surface area contributed by atoms with Crippen LogP contribution in [0.2, 0.25) is 0 Å². The molecule has 0 unspecified atom stereocenters. The smallest absolute Gasteiger partial charge is 0.406 e. The van der Waals surface area contributed by atoms with E-state index in [1.165, 1.54) is 12.1 Å². The van der Waals surface area contributed by atoms with Gasteiger partial charge in [0.1, 0.15) is 5.75 Å². The topological polar surface area (TPSA) is 21.3 Å². The molecule has 7 heteroatoms. The molecule has 19 heavy (non-hydrogen) atoms. The third-order valence-electron chi connectivity index (χ3n) is 2.47. The molecule has 0 aliphatic carbocycles. The average Bonchev–Trinajstić information content (AvgIpc) is 2.36. The molecule has 108 valence electrons. The second kappa shape index (κ2) is 6.68. The van der Waals surface area contributed by atoms with Crippen molar-refractivity contribution >= 4 is 23.2 Å². The first kappa shape index (κ1) is 16.4. The summed E-state index contributed by atoms with van der Waals surface area (Å²) in [6, 6.07) is 5.64. The fourth-order valence-electron chi connectivity index (χ4n) is 1.25. The van der Waals surface area contributed by atoms with Gasteiger partial charge in [0.25, 0.3) is 0 Å². The van der Waals surface area contributed by atoms with Crippen LogP contribution in [-0.4, -0.2) is 23.7 Å². The van der Waals surface area contributed by atoms with Gasteiger partial charge < -0.3 is 10.1 Å². The first-order valence-electron chi connectivity index (χ1n) is 5.50. The summed E-state index contributed by atoms with van der Waals surface area (Å²) in [6.45, 7) is 2.33. The normalized spacial score (nSPS) is 12.5. The zero-order valence-electron chi connectivity index (χ0n) is 10.2. The van der Waals surface area contributed by atoms with Crippen molar-refractivity contribution in [3.8, 4) is 5.75 Å². The van der Waals surface area contributed by atoms with Crippen LogP contribution in [0.1, 0.15) is 12.5 Å². The lowest BCUT2D eigenvalue weighted by molar-refractivity contribution is -0.274. The van der Waals surface area contributed by atoms with Crippen molar-refractivity contribution in [3.63, 3.8) is 0 Å². The molecule has 2 nitrogen and oxygen atoms in total. The van der Waals surface area contributed by atoms with Gasteiger partial charge in [-0.15, -0.1) is 36.4 Å². The molecule has 0 saturated carbocycles. The van der Waals surface area contributed by atoms with Crippen molar-refractivity contribution in [2.45, 2.75) is 25.4 Å². The number of halogens is 5. The van der Waals surface area contributed by atoms with Gasteiger partial charge in [0.05, 0.1) is 0 Å². The lowest BCUT2D eigenvalue weighted by Gasteiger charge is -2.26. The number of benzene rings is 1. The molecule has 1 N–H and O–H groups in total. The van der Waals surface area contributed by atoms with Crippen LogP contribution in [0.25, 0.3) is 0 Å². The number of rotatable bonds is 6. The van der Waals surface area contributed by atoms with Crippen molar-refractivity contribution in [1.29, 1.82) is 0 Å². The number of alkyl halides is 5. The first-order chi connectivity index (χ1) is 8.78. The molecule has 0 fully saturated rings. The van der Waals surface area contributed by atoms with Crippen molar-refractivity contribution in [2.24, 2.45) is 0 Å². The highest BCUT2D eigenvalue weighted by molar-refractivity contribution is 6.22. The van der Waals surface area contributed by atoms with Crippen LogP contribution < -0.4 is 10.1 Å². The predicted molar refractivity (Wildman–Crippen MR) is 69.8 cm³/mol. The molecule has 0 bridgehead atoms. The third-order valence-corrected chi connectivity index (χ3v) is 3.65. The lowest BCUT2D eigenvalue weighted by Crippen LogP contribution is -2.45. The van der Waals surface area contributed by atoms with Crippen LogP contribution in [0.15, 0.2) is 24.3 Å². The molecular weight excluding hydrogens is 302 g/mol. The SMILES string of the molecule is CC(CCl)(CCl)NCc1ccc(OC(F)(F)F)cc1. The van der Waals surface area contributed by atoms with Gasteiger partial charge in [-0.05, 0) is 24.6 Å². The van der Waals surface area contributed by atoms with Crippen LogP contribution >= 0.6 is 23.2 Å². The quantitative estimate of drug-likeness (QED) is 0.804. The Morgan fingerprint density at radius 3 is 2.05 bits per heavy atom. The van der Waals surface area contributed by atoms with Gasteiger partial charge in [-0.1, -0.05) is 12.1 Å². The van der Waals surface area contributed by atoms with E-state index in [0.717, 1.165) is 5.56 Å². The highest BCUT2D eigenvalue weighted by Crippen LogP contribution is 2.22. The monoisotopic (exact) mass is 315 g/mol.